The Bertz CT molecular complexity index is 566. The summed E-state index contributed by atoms with van der Waals surface area (Å²) in [4.78, 5) is 10.6. The molecule has 1 rings (SSSR count). The maximum absolute atomic E-state index is 12.0. The lowest BCUT2D eigenvalue weighted by Crippen LogP contribution is -2.46. The third-order valence-electron chi connectivity index (χ3n) is 2.43. The first-order valence-corrected chi connectivity index (χ1v) is 6.77. The SMILES string of the molecule is COc1ccccc1S(=O)(=O)NCC(C)(O)C(=O)O. The largest absolute Gasteiger partial charge is 0.495 e. The van der Waals surface area contributed by atoms with Crippen LogP contribution in [0.1, 0.15) is 6.92 Å². The number of carboxylic acid groups (broad SMARTS) is 1. The Morgan fingerprint density at radius 3 is 2.53 bits per heavy atom. The number of methoxy groups -OCH3 is 1. The number of carboxylic acids is 1. The first kappa shape index (κ1) is 15.4. The Labute approximate surface area is 110 Å². The number of nitrogens with one attached hydrogen (secondary N) is 1. The molecule has 1 unspecified atom stereocenters. The number of sulfonamides is 1. The van der Waals surface area contributed by atoms with Crippen LogP contribution >= 0.6 is 0 Å². The highest BCUT2D eigenvalue weighted by Crippen LogP contribution is 2.22. The van der Waals surface area contributed by atoms with E-state index in [0.29, 0.717) is 0 Å². The van der Waals surface area contributed by atoms with Gasteiger partial charge < -0.3 is 14.9 Å². The van der Waals surface area contributed by atoms with Gasteiger partial charge in [-0.3, -0.25) is 0 Å². The molecule has 1 aromatic rings. The lowest BCUT2D eigenvalue weighted by molar-refractivity contribution is -0.155. The fraction of sp³-hybridized carbons (Fsp3) is 0.364. The maximum atomic E-state index is 12.0. The van der Waals surface area contributed by atoms with Gasteiger partial charge in [0.2, 0.25) is 10.0 Å². The fourth-order valence-electron chi connectivity index (χ4n) is 1.23. The Hall–Kier alpha value is -1.64. The predicted octanol–water partition coefficient (Wildman–Crippen LogP) is -0.191. The molecule has 0 spiro atoms. The molecule has 0 aromatic heterocycles. The van der Waals surface area contributed by atoms with Gasteiger partial charge in [-0.1, -0.05) is 12.1 Å². The highest BCUT2D eigenvalue weighted by atomic mass is 32.2. The number of benzene rings is 1. The van der Waals surface area contributed by atoms with E-state index < -0.39 is 28.1 Å². The van der Waals surface area contributed by atoms with Crippen molar-refractivity contribution in [3.05, 3.63) is 24.3 Å². The van der Waals surface area contributed by atoms with Crippen LogP contribution in [-0.2, 0) is 14.8 Å². The molecule has 0 radical (unpaired) electrons. The molecule has 3 N–H and O–H groups in total. The van der Waals surface area contributed by atoms with Gasteiger partial charge in [0.1, 0.15) is 10.6 Å². The van der Waals surface area contributed by atoms with Crippen molar-refractivity contribution in [2.45, 2.75) is 17.4 Å². The van der Waals surface area contributed by atoms with Crippen LogP contribution in [0.25, 0.3) is 0 Å². The lowest BCUT2D eigenvalue weighted by atomic mass is 10.1. The zero-order valence-corrected chi connectivity index (χ0v) is 11.3. The van der Waals surface area contributed by atoms with Crippen molar-refractivity contribution in [3.63, 3.8) is 0 Å². The van der Waals surface area contributed by atoms with E-state index in [1.807, 2.05) is 4.72 Å². The minimum Gasteiger partial charge on any atom is -0.495 e. The van der Waals surface area contributed by atoms with E-state index >= 15 is 0 Å². The Balaban J connectivity index is 2.97. The van der Waals surface area contributed by atoms with Crippen molar-refractivity contribution >= 4 is 16.0 Å². The van der Waals surface area contributed by atoms with Crippen LogP contribution in [0.2, 0.25) is 0 Å². The average molecular weight is 289 g/mol. The van der Waals surface area contributed by atoms with Crippen molar-refractivity contribution in [1.29, 1.82) is 0 Å². The smallest absolute Gasteiger partial charge is 0.336 e. The highest BCUT2D eigenvalue weighted by molar-refractivity contribution is 7.89. The van der Waals surface area contributed by atoms with E-state index in [4.69, 9.17) is 9.84 Å². The Morgan fingerprint density at radius 2 is 2.00 bits per heavy atom. The summed E-state index contributed by atoms with van der Waals surface area (Å²) < 4.78 is 30.9. The summed E-state index contributed by atoms with van der Waals surface area (Å²) in [6, 6.07) is 5.89. The standard InChI is InChI=1S/C11H15NO6S/c1-11(15,10(13)14)7-12-19(16,17)9-6-4-3-5-8(9)18-2/h3-6,12,15H,7H2,1-2H3,(H,13,14). The van der Waals surface area contributed by atoms with E-state index in [-0.39, 0.29) is 10.6 Å². The number of rotatable bonds is 6. The zero-order valence-electron chi connectivity index (χ0n) is 10.5. The van der Waals surface area contributed by atoms with Gasteiger partial charge in [-0.2, -0.15) is 0 Å². The molecule has 1 atom stereocenters. The Kier molecular flexibility index (Phi) is 4.51. The second-order valence-corrected chi connectivity index (χ2v) is 5.79. The van der Waals surface area contributed by atoms with Gasteiger partial charge in [-0.15, -0.1) is 0 Å². The van der Waals surface area contributed by atoms with Crippen LogP contribution < -0.4 is 9.46 Å². The molecule has 0 heterocycles. The third kappa shape index (κ3) is 3.66. The average Bonchev–Trinajstić information content (AvgIpc) is 2.36. The molecule has 1 aromatic carbocycles. The van der Waals surface area contributed by atoms with Gasteiger partial charge in [-0.05, 0) is 19.1 Å². The second kappa shape index (κ2) is 5.55. The number of aliphatic hydroxyl groups is 1. The zero-order chi connectivity index (χ0) is 14.7. The molecular formula is C11H15NO6S. The first-order chi connectivity index (χ1) is 8.70. The summed E-state index contributed by atoms with van der Waals surface area (Å²) in [5.41, 5.74) is -2.19. The number of carbonyl (C=O) groups is 1. The van der Waals surface area contributed by atoms with Crippen molar-refractivity contribution < 1.29 is 28.2 Å². The van der Waals surface area contributed by atoms with Gasteiger partial charge in [0.15, 0.2) is 5.60 Å². The molecule has 106 valence electrons. The van der Waals surface area contributed by atoms with Crippen LogP contribution in [0.4, 0.5) is 0 Å². The van der Waals surface area contributed by atoms with Crippen molar-refractivity contribution in [2.75, 3.05) is 13.7 Å². The number of ether oxygens (including phenoxy) is 1. The summed E-state index contributed by atoms with van der Waals surface area (Å²) in [5.74, 6) is -1.39. The molecule has 0 aliphatic heterocycles. The Morgan fingerprint density at radius 1 is 1.42 bits per heavy atom. The molecule has 0 aliphatic carbocycles. The lowest BCUT2D eigenvalue weighted by Gasteiger charge is -2.18. The molecule has 8 heteroatoms. The quantitative estimate of drug-likeness (QED) is 0.669. The summed E-state index contributed by atoms with van der Waals surface area (Å²) in [6.07, 6.45) is 0. The van der Waals surface area contributed by atoms with Crippen LogP contribution in [0, 0.1) is 0 Å². The van der Waals surface area contributed by atoms with E-state index in [9.17, 15) is 18.3 Å². The van der Waals surface area contributed by atoms with Gasteiger partial charge in [0.25, 0.3) is 0 Å². The molecular weight excluding hydrogens is 274 g/mol. The monoisotopic (exact) mass is 289 g/mol. The number of hydrogen-bond acceptors (Lipinski definition) is 5. The summed E-state index contributed by atoms with van der Waals surface area (Å²) in [7, 11) is -2.65. The molecule has 0 saturated heterocycles. The first-order valence-electron chi connectivity index (χ1n) is 5.29. The van der Waals surface area contributed by atoms with Crippen LogP contribution in [-0.4, -0.2) is 43.9 Å². The predicted molar refractivity (Wildman–Crippen MR) is 66.4 cm³/mol. The third-order valence-corrected chi connectivity index (χ3v) is 3.87. The van der Waals surface area contributed by atoms with Crippen molar-refractivity contribution in [1.82, 2.24) is 4.72 Å². The maximum Gasteiger partial charge on any atom is 0.336 e. The number of aliphatic carboxylic acids is 1. The summed E-state index contributed by atoms with van der Waals surface area (Å²) in [5, 5.41) is 18.2. The summed E-state index contributed by atoms with van der Waals surface area (Å²) >= 11 is 0. The van der Waals surface area contributed by atoms with E-state index in [1.54, 1.807) is 6.07 Å². The fourth-order valence-corrected chi connectivity index (χ4v) is 2.53. The van der Waals surface area contributed by atoms with Crippen LogP contribution in [0.3, 0.4) is 0 Å². The molecule has 7 nitrogen and oxygen atoms in total. The topological polar surface area (TPSA) is 113 Å². The highest BCUT2D eigenvalue weighted by Gasteiger charge is 2.32. The molecule has 19 heavy (non-hydrogen) atoms. The molecule has 0 bridgehead atoms. The van der Waals surface area contributed by atoms with Gasteiger partial charge >= 0.3 is 5.97 Å². The van der Waals surface area contributed by atoms with E-state index in [2.05, 4.69) is 0 Å². The minimum absolute atomic E-state index is 0.126. The molecule has 0 fully saturated rings. The van der Waals surface area contributed by atoms with Gasteiger partial charge in [0.05, 0.1) is 13.7 Å². The minimum atomic E-state index is -3.97. The molecule has 0 aliphatic rings. The van der Waals surface area contributed by atoms with Gasteiger partial charge in [0, 0.05) is 0 Å². The second-order valence-electron chi connectivity index (χ2n) is 4.05. The normalized spacial score (nSPS) is 14.7. The van der Waals surface area contributed by atoms with Crippen molar-refractivity contribution in [3.8, 4) is 5.75 Å². The van der Waals surface area contributed by atoms with E-state index in [1.165, 1.54) is 25.3 Å². The molecule has 0 amide bonds. The number of para-hydroxylation sites is 1. The van der Waals surface area contributed by atoms with Crippen LogP contribution in [0.15, 0.2) is 29.2 Å². The van der Waals surface area contributed by atoms with E-state index in [0.717, 1.165) is 6.92 Å². The van der Waals surface area contributed by atoms with Gasteiger partial charge in [-0.25, -0.2) is 17.9 Å². The van der Waals surface area contributed by atoms with Crippen molar-refractivity contribution in [2.24, 2.45) is 0 Å². The molecule has 0 saturated carbocycles. The summed E-state index contributed by atoms with van der Waals surface area (Å²) in [6.45, 7) is 0.350. The van der Waals surface area contributed by atoms with Crippen LogP contribution in [0.5, 0.6) is 5.75 Å². The number of hydrogen-bond donors (Lipinski definition) is 3.